The van der Waals surface area contributed by atoms with E-state index < -0.39 is 10.8 Å². The molecule has 0 saturated carbocycles. The van der Waals surface area contributed by atoms with Crippen LogP contribution in [0.4, 0.5) is 0 Å². The second-order valence-corrected chi connectivity index (χ2v) is 3.36. The summed E-state index contributed by atoms with van der Waals surface area (Å²) in [5, 5.41) is 2.64. The molecule has 0 N–H and O–H groups in total. The fraction of sp³-hybridized carbons (Fsp3) is 0. The van der Waals surface area contributed by atoms with E-state index in [2.05, 4.69) is 6.07 Å². The Hall–Kier alpha value is -0.860. The Bertz CT molecular complexity index is 351. The van der Waals surface area contributed by atoms with Crippen molar-refractivity contribution in [1.82, 2.24) is 0 Å². The maximum atomic E-state index is 11.1. The molecule has 0 bridgehead atoms. The highest BCUT2D eigenvalue weighted by Crippen LogP contribution is 2.26. The van der Waals surface area contributed by atoms with Gasteiger partial charge in [-0.3, -0.25) is 0 Å². The lowest BCUT2D eigenvalue weighted by Gasteiger charge is -1.86. The molecule has 0 spiro atoms. The van der Waals surface area contributed by atoms with Gasteiger partial charge in [-0.1, -0.05) is 12.1 Å². The molecule has 1 unspecified atom stereocenters. The number of fused-ring (bicyclic) bond motifs is 1. The van der Waals surface area contributed by atoms with E-state index in [1.54, 1.807) is 5.38 Å². The van der Waals surface area contributed by atoms with E-state index in [0.717, 1.165) is 10.1 Å². The summed E-state index contributed by atoms with van der Waals surface area (Å²) in [4.78, 5) is 0. The second kappa shape index (κ2) is 2.08. The van der Waals surface area contributed by atoms with Gasteiger partial charge >= 0.3 is 0 Å². The lowest BCUT2D eigenvalue weighted by atomic mass is 10.3. The highest BCUT2D eigenvalue weighted by molar-refractivity contribution is 7.30. The van der Waals surface area contributed by atoms with Crippen LogP contribution in [0.15, 0.2) is 29.6 Å². The zero-order chi connectivity index (χ0) is 6.97. The van der Waals surface area contributed by atoms with Crippen molar-refractivity contribution in [3.63, 3.8) is 0 Å². The summed E-state index contributed by atoms with van der Waals surface area (Å²) in [6.07, 6.45) is 0. The van der Waals surface area contributed by atoms with Crippen LogP contribution in [-0.2, 0) is 0 Å². The third kappa shape index (κ3) is 0.735. The first-order valence-corrected chi connectivity index (χ1v) is 4.19. The van der Waals surface area contributed by atoms with E-state index in [9.17, 15) is 4.55 Å². The Kier molecular flexibility index (Phi) is 1.22. The van der Waals surface area contributed by atoms with E-state index in [4.69, 9.17) is 0 Å². The van der Waals surface area contributed by atoms with Crippen molar-refractivity contribution >= 4 is 20.8 Å². The summed E-state index contributed by atoms with van der Waals surface area (Å²) in [5.74, 6) is 0. The Morgan fingerprint density at radius 3 is 3.10 bits per heavy atom. The molecule has 0 amide bonds. The minimum Gasteiger partial charge on any atom is -0.590 e. The van der Waals surface area contributed by atoms with E-state index in [1.165, 1.54) is 0 Å². The van der Waals surface area contributed by atoms with E-state index in [0.29, 0.717) is 0 Å². The molecule has 1 heterocycles. The van der Waals surface area contributed by atoms with Crippen LogP contribution in [0, 0.1) is 6.07 Å². The monoisotopic (exact) mass is 149 g/mol. The van der Waals surface area contributed by atoms with Gasteiger partial charge in [-0.15, -0.1) is 0 Å². The number of hydrogen-bond acceptors (Lipinski definition) is 1. The molecule has 1 atom stereocenters. The highest BCUT2D eigenvalue weighted by atomic mass is 32.2. The summed E-state index contributed by atoms with van der Waals surface area (Å²) >= 11 is 0. The molecule has 0 saturated heterocycles. The van der Waals surface area contributed by atoms with Gasteiger partial charge in [0.2, 0.25) is 0 Å². The third-order valence-corrected chi connectivity index (χ3v) is 2.60. The summed E-state index contributed by atoms with van der Waals surface area (Å²) in [5.41, 5.74) is 0. The van der Waals surface area contributed by atoms with Gasteiger partial charge < -0.3 is 4.55 Å². The lowest BCUT2D eigenvalue weighted by Crippen LogP contribution is -1.60. The number of hydrogen-bond donors (Lipinski definition) is 0. The van der Waals surface area contributed by atoms with Crippen molar-refractivity contribution in [3.8, 4) is 0 Å². The van der Waals surface area contributed by atoms with Crippen molar-refractivity contribution in [1.29, 1.82) is 0 Å². The molecule has 0 aliphatic heterocycles. The van der Waals surface area contributed by atoms with Crippen LogP contribution in [0.1, 0.15) is 0 Å². The fourth-order valence-corrected chi connectivity index (χ4v) is 1.91. The maximum Gasteiger partial charge on any atom is 0.180 e. The Morgan fingerprint density at radius 2 is 2.30 bits per heavy atom. The largest absolute Gasteiger partial charge is 0.590 e. The van der Waals surface area contributed by atoms with Crippen LogP contribution in [0.3, 0.4) is 0 Å². The minimum atomic E-state index is -0.910. The van der Waals surface area contributed by atoms with Gasteiger partial charge in [-0.05, 0) is 22.9 Å². The van der Waals surface area contributed by atoms with Gasteiger partial charge in [0.25, 0.3) is 0 Å². The normalized spacial score (nSPS) is 12.3. The van der Waals surface area contributed by atoms with Gasteiger partial charge in [0, 0.05) is 11.5 Å². The lowest BCUT2D eigenvalue weighted by molar-refractivity contribution is 0.600. The molecule has 0 aliphatic rings. The fourth-order valence-electron chi connectivity index (χ4n) is 0.943. The number of benzene rings is 1. The molecule has 1 aromatic heterocycles. The predicted molar refractivity (Wildman–Crippen MR) is 41.4 cm³/mol. The van der Waals surface area contributed by atoms with E-state index in [-0.39, 0.29) is 0 Å². The summed E-state index contributed by atoms with van der Waals surface area (Å²) in [7, 11) is -0.910. The molecule has 2 aromatic rings. The van der Waals surface area contributed by atoms with Gasteiger partial charge in [-0.2, -0.15) is 0 Å². The molecular formula is C8H5OS. The minimum absolute atomic E-state index is 0.877. The zero-order valence-corrected chi connectivity index (χ0v) is 6.02. The van der Waals surface area contributed by atoms with Crippen LogP contribution in [0.25, 0.3) is 10.1 Å². The standard InChI is InChI=1S/C8H5OS/c9-10-6-5-7-3-1-2-4-8(7)10/h1-2,4-6H. The van der Waals surface area contributed by atoms with E-state index >= 15 is 0 Å². The summed E-state index contributed by atoms with van der Waals surface area (Å²) in [6.45, 7) is 0. The van der Waals surface area contributed by atoms with Crippen LogP contribution in [0.2, 0.25) is 0 Å². The van der Waals surface area contributed by atoms with Crippen LogP contribution >= 0.6 is 10.8 Å². The van der Waals surface area contributed by atoms with E-state index in [1.807, 2.05) is 24.3 Å². The quantitative estimate of drug-likeness (QED) is 0.527. The van der Waals surface area contributed by atoms with Crippen LogP contribution < -0.4 is 0 Å². The topological polar surface area (TPSA) is 23.1 Å². The molecular weight excluding hydrogens is 144 g/mol. The molecule has 2 heteroatoms. The molecule has 2 rings (SSSR count). The van der Waals surface area contributed by atoms with Crippen molar-refractivity contribution in [2.24, 2.45) is 0 Å². The SMILES string of the molecule is [O-][s+]1ccc2[c]cccc21. The molecule has 0 fully saturated rings. The van der Waals surface area contributed by atoms with Crippen molar-refractivity contribution in [3.05, 3.63) is 35.7 Å². The van der Waals surface area contributed by atoms with Crippen molar-refractivity contribution in [2.75, 3.05) is 0 Å². The smallest absolute Gasteiger partial charge is 0.180 e. The first-order chi connectivity index (χ1) is 4.88. The Labute approximate surface area is 61.7 Å². The summed E-state index contributed by atoms with van der Waals surface area (Å²) < 4.78 is 11.9. The predicted octanol–water partition coefficient (Wildman–Crippen LogP) is 2.37. The molecule has 0 aliphatic carbocycles. The average Bonchev–Trinajstić information content (AvgIpc) is 2.34. The van der Waals surface area contributed by atoms with Crippen LogP contribution in [0.5, 0.6) is 0 Å². The highest BCUT2D eigenvalue weighted by Gasteiger charge is 2.01. The van der Waals surface area contributed by atoms with Gasteiger partial charge in [-0.25, -0.2) is 0 Å². The molecule has 10 heavy (non-hydrogen) atoms. The van der Waals surface area contributed by atoms with Crippen molar-refractivity contribution < 1.29 is 4.55 Å². The first-order valence-electron chi connectivity index (χ1n) is 2.97. The molecule has 1 aromatic carbocycles. The number of thiophene rings is 1. The Morgan fingerprint density at radius 1 is 1.40 bits per heavy atom. The number of rotatable bonds is 0. The van der Waals surface area contributed by atoms with Gasteiger partial charge in [0.05, 0.1) is 0 Å². The third-order valence-electron chi connectivity index (χ3n) is 1.42. The average molecular weight is 149 g/mol. The Balaban J connectivity index is 2.93. The van der Waals surface area contributed by atoms with Crippen molar-refractivity contribution in [2.45, 2.75) is 0 Å². The molecule has 1 radical (unpaired) electrons. The van der Waals surface area contributed by atoms with Gasteiger partial charge in [0.1, 0.15) is 5.38 Å². The zero-order valence-electron chi connectivity index (χ0n) is 5.20. The molecule has 1 nitrogen and oxygen atoms in total. The maximum absolute atomic E-state index is 11.1. The second-order valence-electron chi connectivity index (χ2n) is 2.05. The molecule has 49 valence electrons. The summed E-state index contributed by atoms with van der Waals surface area (Å²) in [6, 6.07) is 10.4. The first kappa shape index (κ1) is 5.89. The van der Waals surface area contributed by atoms with Crippen LogP contribution in [-0.4, -0.2) is 4.55 Å². The van der Waals surface area contributed by atoms with Gasteiger partial charge in [0.15, 0.2) is 4.70 Å².